The Bertz CT molecular complexity index is 1220. The van der Waals surface area contributed by atoms with Crippen molar-refractivity contribution in [2.45, 2.75) is 25.9 Å². The van der Waals surface area contributed by atoms with E-state index in [1.807, 2.05) is 0 Å². The zero-order chi connectivity index (χ0) is 25.7. The van der Waals surface area contributed by atoms with Gasteiger partial charge < -0.3 is 19.5 Å². The molecule has 2 aliphatic heterocycles. The second-order valence-electron chi connectivity index (χ2n) is 8.40. The third-order valence-electron chi connectivity index (χ3n) is 5.99. The van der Waals surface area contributed by atoms with Crippen LogP contribution in [0.4, 0.5) is 10.1 Å². The van der Waals surface area contributed by atoms with Crippen LogP contribution < -0.4 is 15.0 Å². The van der Waals surface area contributed by atoms with E-state index in [0.717, 1.165) is 19.4 Å². The third-order valence-corrected chi connectivity index (χ3v) is 5.99. The number of esters is 1. The third kappa shape index (κ3) is 5.46. The van der Waals surface area contributed by atoms with Crippen LogP contribution in [0.5, 0.6) is 5.75 Å². The Morgan fingerprint density at radius 2 is 1.94 bits per heavy atom. The molecule has 4 rings (SSSR count). The van der Waals surface area contributed by atoms with Crippen molar-refractivity contribution < 1.29 is 33.0 Å². The van der Waals surface area contributed by atoms with Gasteiger partial charge in [0.25, 0.3) is 11.8 Å². The molecule has 1 atom stereocenters. The molecular formula is C27H27FN2O6. The summed E-state index contributed by atoms with van der Waals surface area (Å²) >= 11 is 0. The van der Waals surface area contributed by atoms with Crippen LogP contribution in [0.3, 0.4) is 0 Å². The molecule has 8 nitrogen and oxygen atoms in total. The van der Waals surface area contributed by atoms with Crippen molar-refractivity contribution in [1.29, 1.82) is 0 Å². The van der Waals surface area contributed by atoms with E-state index in [-0.39, 0.29) is 41.1 Å². The molecule has 0 spiro atoms. The quantitative estimate of drug-likeness (QED) is 0.447. The summed E-state index contributed by atoms with van der Waals surface area (Å²) in [6, 6.07) is 12.5. The summed E-state index contributed by atoms with van der Waals surface area (Å²) in [4.78, 5) is 39.0. The highest BCUT2D eigenvalue weighted by molar-refractivity contribution is 6.23. The van der Waals surface area contributed by atoms with E-state index < -0.39 is 17.7 Å². The van der Waals surface area contributed by atoms with Crippen molar-refractivity contribution in [2.75, 3.05) is 31.8 Å². The van der Waals surface area contributed by atoms with Crippen molar-refractivity contribution >= 4 is 29.5 Å². The van der Waals surface area contributed by atoms with E-state index in [2.05, 4.69) is 5.32 Å². The van der Waals surface area contributed by atoms with Gasteiger partial charge in [-0.2, -0.15) is 0 Å². The summed E-state index contributed by atoms with van der Waals surface area (Å²) in [5.74, 6) is -1.60. The average Bonchev–Trinajstić information content (AvgIpc) is 3.49. The smallest absolute Gasteiger partial charge is 0.340 e. The van der Waals surface area contributed by atoms with Crippen LogP contribution in [0.25, 0.3) is 6.08 Å². The lowest BCUT2D eigenvalue weighted by Gasteiger charge is -2.18. The largest absolute Gasteiger partial charge is 0.484 e. The zero-order valence-corrected chi connectivity index (χ0v) is 20.1. The Labute approximate surface area is 208 Å². The Kier molecular flexibility index (Phi) is 7.80. The number of para-hydroxylation sites is 1. The number of benzene rings is 2. The number of amides is 2. The fraction of sp³-hybridized carbons (Fsp3) is 0.296. The summed E-state index contributed by atoms with van der Waals surface area (Å²) in [6.07, 6.45) is 3.53. The molecule has 1 saturated heterocycles. The molecule has 0 aromatic heterocycles. The first-order valence-electron chi connectivity index (χ1n) is 11.6. The van der Waals surface area contributed by atoms with E-state index in [9.17, 15) is 18.8 Å². The van der Waals surface area contributed by atoms with Crippen molar-refractivity contribution in [1.82, 2.24) is 5.32 Å². The lowest BCUT2D eigenvalue weighted by molar-refractivity contribution is -0.136. The highest BCUT2D eigenvalue weighted by Crippen LogP contribution is 2.36. The van der Waals surface area contributed by atoms with Crippen LogP contribution in [-0.4, -0.2) is 50.8 Å². The highest BCUT2D eigenvalue weighted by atomic mass is 19.1. The number of halogens is 1. The first-order chi connectivity index (χ1) is 17.4. The molecule has 2 heterocycles. The lowest BCUT2D eigenvalue weighted by atomic mass is 10.0. The molecule has 0 bridgehead atoms. The number of carbonyl (C=O) groups is 3. The predicted octanol–water partition coefficient (Wildman–Crippen LogP) is 3.38. The second kappa shape index (κ2) is 11.2. The number of hydrogen-bond acceptors (Lipinski definition) is 6. The number of nitrogens with zero attached hydrogens (tertiary/aromatic N) is 1. The minimum atomic E-state index is -0.695. The molecule has 36 heavy (non-hydrogen) atoms. The van der Waals surface area contributed by atoms with Gasteiger partial charge >= 0.3 is 5.97 Å². The fourth-order valence-electron chi connectivity index (χ4n) is 4.16. The van der Waals surface area contributed by atoms with Gasteiger partial charge in [0, 0.05) is 18.8 Å². The summed E-state index contributed by atoms with van der Waals surface area (Å²) < 4.78 is 30.4. The van der Waals surface area contributed by atoms with Crippen molar-refractivity contribution in [3.05, 3.63) is 76.8 Å². The number of methoxy groups -OCH3 is 1. The topological polar surface area (TPSA) is 94.2 Å². The molecule has 188 valence electrons. The maximum Gasteiger partial charge on any atom is 0.340 e. The van der Waals surface area contributed by atoms with Gasteiger partial charge in [-0.1, -0.05) is 24.3 Å². The van der Waals surface area contributed by atoms with Crippen LogP contribution in [-0.2, 0) is 23.9 Å². The SMILES string of the molecule is COC(=O)C1=C(C)N(c2ccccc2F)C(=O)/C1=C\c1ccc(OCC(=O)NC[C@@H]2CCCO2)cc1. The van der Waals surface area contributed by atoms with Crippen LogP contribution in [0, 0.1) is 5.82 Å². The molecule has 9 heteroatoms. The van der Waals surface area contributed by atoms with Gasteiger partial charge in [-0.25, -0.2) is 9.18 Å². The normalized spacial score (nSPS) is 18.6. The summed E-state index contributed by atoms with van der Waals surface area (Å²) in [7, 11) is 1.22. The highest BCUT2D eigenvalue weighted by Gasteiger charge is 2.38. The monoisotopic (exact) mass is 494 g/mol. The first-order valence-corrected chi connectivity index (χ1v) is 11.6. The molecule has 0 unspecified atom stereocenters. The molecule has 2 aliphatic rings. The number of nitrogens with one attached hydrogen (secondary N) is 1. The molecule has 0 radical (unpaired) electrons. The Morgan fingerprint density at radius 1 is 1.19 bits per heavy atom. The van der Waals surface area contributed by atoms with Crippen LogP contribution in [0.1, 0.15) is 25.3 Å². The van der Waals surface area contributed by atoms with E-state index >= 15 is 0 Å². The second-order valence-corrected chi connectivity index (χ2v) is 8.40. The van der Waals surface area contributed by atoms with Gasteiger partial charge in [-0.3, -0.25) is 14.5 Å². The summed E-state index contributed by atoms with van der Waals surface area (Å²) in [6.45, 7) is 2.61. The van der Waals surface area contributed by atoms with Gasteiger partial charge in [0.15, 0.2) is 6.61 Å². The molecule has 1 N–H and O–H groups in total. The number of carbonyl (C=O) groups excluding carboxylic acids is 3. The predicted molar refractivity (Wildman–Crippen MR) is 130 cm³/mol. The van der Waals surface area contributed by atoms with Gasteiger partial charge in [0.2, 0.25) is 0 Å². The first kappa shape index (κ1) is 25.1. The minimum Gasteiger partial charge on any atom is -0.484 e. The Hall–Kier alpha value is -3.98. The van der Waals surface area contributed by atoms with Crippen LogP contribution >= 0.6 is 0 Å². The number of anilines is 1. The maximum atomic E-state index is 14.5. The number of hydrogen-bond donors (Lipinski definition) is 1. The van der Waals surface area contributed by atoms with E-state index in [1.165, 1.54) is 36.3 Å². The number of rotatable bonds is 8. The fourth-order valence-corrected chi connectivity index (χ4v) is 4.16. The van der Waals surface area contributed by atoms with E-state index in [4.69, 9.17) is 14.2 Å². The Balaban J connectivity index is 1.47. The van der Waals surface area contributed by atoms with Gasteiger partial charge in [0.1, 0.15) is 11.6 Å². The van der Waals surface area contributed by atoms with Crippen molar-refractivity contribution in [2.24, 2.45) is 0 Å². The van der Waals surface area contributed by atoms with Crippen molar-refractivity contribution in [3.63, 3.8) is 0 Å². The molecule has 1 fully saturated rings. The summed E-state index contributed by atoms with van der Waals surface area (Å²) in [5.41, 5.74) is 1.08. The molecule has 2 aromatic carbocycles. The van der Waals surface area contributed by atoms with Crippen molar-refractivity contribution in [3.8, 4) is 5.75 Å². The van der Waals surface area contributed by atoms with E-state index in [1.54, 1.807) is 37.3 Å². The molecule has 2 aromatic rings. The van der Waals surface area contributed by atoms with E-state index in [0.29, 0.717) is 17.9 Å². The number of ether oxygens (including phenoxy) is 3. The number of allylic oxidation sites excluding steroid dienone is 1. The minimum absolute atomic E-state index is 0.0475. The average molecular weight is 495 g/mol. The molecular weight excluding hydrogens is 467 g/mol. The van der Waals surface area contributed by atoms with Gasteiger partial charge in [-0.15, -0.1) is 0 Å². The molecule has 0 aliphatic carbocycles. The summed E-state index contributed by atoms with van der Waals surface area (Å²) in [5, 5.41) is 2.79. The van der Waals surface area contributed by atoms with Gasteiger partial charge in [-0.05, 0) is 55.7 Å². The van der Waals surface area contributed by atoms with Crippen LogP contribution in [0.15, 0.2) is 65.4 Å². The Morgan fingerprint density at radius 3 is 2.61 bits per heavy atom. The lowest BCUT2D eigenvalue weighted by Crippen LogP contribution is -2.35. The molecule has 2 amide bonds. The van der Waals surface area contributed by atoms with Crippen LogP contribution in [0.2, 0.25) is 0 Å². The maximum absolute atomic E-state index is 14.5. The zero-order valence-electron chi connectivity index (χ0n) is 20.1. The van der Waals surface area contributed by atoms with Gasteiger partial charge in [0.05, 0.1) is 30.0 Å². The standard InChI is InChI=1S/C27H27FN2O6/c1-17-25(27(33)34-2)21(26(32)30(17)23-8-4-3-7-22(23)28)14-18-9-11-19(12-10-18)36-16-24(31)29-15-20-6-5-13-35-20/h3-4,7-12,14,20H,5-6,13,15-16H2,1-2H3,(H,29,31)/b21-14-/t20-/m0/s1. The molecule has 0 saturated carbocycles.